The standard InChI is InChI=1S/C18H22Cl2N2O3/c1-3-4-5-6-9-25-17(23)15-11(2)21-18(24)22-16(15)13-8-7-12(19)10-14(13)20/h7-8,10,16H,3-6,9H2,1-2H3,(H2,21,22,24)/t16-/m0/s1. The normalized spacial score (nSPS) is 17.1. The molecule has 1 atom stereocenters. The van der Waals surface area contributed by atoms with Crippen molar-refractivity contribution in [1.29, 1.82) is 0 Å². The largest absolute Gasteiger partial charge is 0.462 e. The Morgan fingerprint density at radius 2 is 2.00 bits per heavy atom. The highest BCUT2D eigenvalue weighted by molar-refractivity contribution is 6.35. The average Bonchev–Trinajstić information content (AvgIpc) is 2.53. The number of esters is 1. The number of unbranched alkanes of at least 4 members (excludes halogenated alkanes) is 3. The second-order valence-electron chi connectivity index (χ2n) is 5.93. The molecule has 0 aromatic heterocycles. The zero-order valence-corrected chi connectivity index (χ0v) is 15.8. The number of urea groups is 1. The molecule has 136 valence electrons. The van der Waals surface area contributed by atoms with Crippen molar-refractivity contribution in [3.8, 4) is 0 Å². The maximum Gasteiger partial charge on any atom is 0.338 e. The number of allylic oxidation sites excluding steroid dienone is 1. The summed E-state index contributed by atoms with van der Waals surface area (Å²) in [6, 6.07) is 3.87. The number of halogens is 2. The molecule has 0 bridgehead atoms. The molecular formula is C18H22Cl2N2O3. The van der Waals surface area contributed by atoms with Gasteiger partial charge < -0.3 is 15.4 Å². The lowest BCUT2D eigenvalue weighted by Gasteiger charge is -2.28. The van der Waals surface area contributed by atoms with Crippen LogP contribution in [-0.2, 0) is 9.53 Å². The van der Waals surface area contributed by atoms with Crippen LogP contribution in [0.25, 0.3) is 0 Å². The third-order valence-electron chi connectivity index (χ3n) is 3.99. The van der Waals surface area contributed by atoms with Crippen LogP contribution in [0.3, 0.4) is 0 Å². The number of benzene rings is 1. The molecule has 0 spiro atoms. The third kappa shape index (κ3) is 5.13. The Kier molecular flexibility index (Phi) is 7.14. The first kappa shape index (κ1) is 19.6. The van der Waals surface area contributed by atoms with Gasteiger partial charge in [-0.25, -0.2) is 9.59 Å². The van der Waals surface area contributed by atoms with Crippen LogP contribution in [0.4, 0.5) is 4.79 Å². The summed E-state index contributed by atoms with van der Waals surface area (Å²) in [5.74, 6) is -0.461. The minimum absolute atomic E-state index is 0.347. The maximum atomic E-state index is 12.6. The second-order valence-corrected chi connectivity index (χ2v) is 6.78. The lowest BCUT2D eigenvalue weighted by molar-refractivity contribution is -0.139. The van der Waals surface area contributed by atoms with E-state index in [0.717, 1.165) is 25.7 Å². The molecule has 0 saturated carbocycles. The molecule has 7 heteroatoms. The Labute approximate surface area is 157 Å². The minimum Gasteiger partial charge on any atom is -0.462 e. The van der Waals surface area contributed by atoms with Crippen molar-refractivity contribution >= 4 is 35.2 Å². The van der Waals surface area contributed by atoms with Crippen LogP contribution in [0.15, 0.2) is 29.5 Å². The van der Waals surface area contributed by atoms with Gasteiger partial charge in [-0.2, -0.15) is 0 Å². The van der Waals surface area contributed by atoms with E-state index >= 15 is 0 Å². The van der Waals surface area contributed by atoms with Gasteiger partial charge in [-0.05, 0) is 31.0 Å². The zero-order valence-electron chi connectivity index (χ0n) is 14.3. The molecule has 2 N–H and O–H groups in total. The van der Waals surface area contributed by atoms with Gasteiger partial charge in [0.05, 0.1) is 18.2 Å². The van der Waals surface area contributed by atoms with Crippen LogP contribution in [-0.4, -0.2) is 18.6 Å². The van der Waals surface area contributed by atoms with E-state index in [1.54, 1.807) is 25.1 Å². The van der Waals surface area contributed by atoms with Crippen LogP contribution >= 0.6 is 23.2 Å². The summed E-state index contributed by atoms with van der Waals surface area (Å²) in [6.07, 6.45) is 4.06. The monoisotopic (exact) mass is 384 g/mol. The van der Waals surface area contributed by atoms with E-state index in [1.165, 1.54) is 0 Å². The van der Waals surface area contributed by atoms with E-state index in [4.69, 9.17) is 27.9 Å². The molecule has 1 heterocycles. The number of hydrogen-bond donors (Lipinski definition) is 2. The maximum absolute atomic E-state index is 12.6. The molecule has 0 unspecified atom stereocenters. The van der Waals surface area contributed by atoms with Gasteiger partial charge in [-0.15, -0.1) is 0 Å². The van der Waals surface area contributed by atoms with Crippen LogP contribution < -0.4 is 10.6 Å². The van der Waals surface area contributed by atoms with Gasteiger partial charge >= 0.3 is 12.0 Å². The van der Waals surface area contributed by atoms with Crippen molar-refractivity contribution in [2.24, 2.45) is 0 Å². The van der Waals surface area contributed by atoms with Gasteiger partial charge in [-0.1, -0.05) is 55.5 Å². The van der Waals surface area contributed by atoms with Gasteiger partial charge in [0.2, 0.25) is 0 Å². The van der Waals surface area contributed by atoms with Crippen molar-refractivity contribution in [2.45, 2.75) is 45.6 Å². The van der Waals surface area contributed by atoms with Gasteiger partial charge in [0, 0.05) is 15.7 Å². The van der Waals surface area contributed by atoms with Crippen molar-refractivity contribution in [1.82, 2.24) is 10.6 Å². The fourth-order valence-corrected chi connectivity index (χ4v) is 3.22. The Bertz CT molecular complexity index is 689. The Hall–Kier alpha value is -1.72. The van der Waals surface area contributed by atoms with Crippen molar-refractivity contribution < 1.29 is 14.3 Å². The lowest BCUT2D eigenvalue weighted by atomic mass is 9.95. The number of amides is 2. The Balaban J connectivity index is 2.20. The predicted molar refractivity (Wildman–Crippen MR) is 98.7 cm³/mol. The summed E-state index contributed by atoms with van der Waals surface area (Å²) >= 11 is 12.2. The van der Waals surface area contributed by atoms with Crippen LogP contribution in [0.2, 0.25) is 10.0 Å². The molecule has 0 radical (unpaired) electrons. The second kappa shape index (κ2) is 9.11. The van der Waals surface area contributed by atoms with Crippen LogP contribution in [0.5, 0.6) is 0 Å². The fraction of sp³-hybridized carbons (Fsp3) is 0.444. The molecule has 0 fully saturated rings. The summed E-state index contributed by atoms with van der Waals surface area (Å²) in [7, 11) is 0. The van der Waals surface area contributed by atoms with Crippen molar-refractivity contribution in [3.05, 3.63) is 45.1 Å². The van der Waals surface area contributed by atoms with Crippen molar-refractivity contribution in [2.75, 3.05) is 6.61 Å². The smallest absolute Gasteiger partial charge is 0.338 e. The zero-order chi connectivity index (χ0) is 18.4. The van der Waals surface area contributed by atoms with E-state index in [2.05, 4.69) is 17.6 Å². The van der Waals surface area contributed by atoms with E-state index in [1.807, 2.05) is 0 Å². The molecule has 5 nitrogen and oxygen atoms in total. The predicted octanol–water partition coefficient (Wildman–Crippen LogP) is 4.74. The number of ether oxygens (including phenoxy) is 1. The summed E-state index contributed by atoms with van der Waals surface area (Å²) in [5, 5.41) is 6.20. The summed E-state index contributed by atoms with van der Waals surface area (Å²) in [6.45, 7) is 4.14. The number of hydrogen-bond acceptors (Lipinski definition) is 3. The number of rotatable bonds is 7. The molecule has 1 aromatic rings. The van der Waals surface area contributed by atoms with Crippen LogP contribution in [0.1, 0.15) is 51.1 Å². The molecule has 2 amide bonds. The fourth-order valence-electron chi connectivity index (χ4n) is 2.70. The first-order valence-electron chi connectivity index (χ1n) is 8.34. The molecule has 1 aliphatic heterocycles. The first-order chi connectivity index (χ1) is 11.9. The highest BCUT2D eigenvalue weighted by Crippen LogP contribution is 2.33. The van der Waals surface area contributed by atoms with Crippen molar-refractivity contribution in [3.63, 3.8) is 0 Å². The molecular weight excluding hydrogens is 363 g/mol. The molecule has 1 aliphatic rings. The molecule has 2 rings (SSSR count). The average molecular weight is 385 g/mol. The van der Waals surface area contributed by atoms with E-state index in [0.29, 0.717) is 33.5 Å². The minimum atomic E-state index is -0.679. The first-order valence-corrected chi connectivity index (χ1v) is 9.10. The van der Waals surface area contributed by atoms with Crippen LogP contribution in [0, 0.1) is 0 Å². The van der Waals surface area contributed by atoms with Gasteiger partial charge in [0.1, 0.15) is 0 Å². The summed E-state index contributed by atoms with van der Waals surface area (Å²) < 4.78 is 5.39. The SMILES string of the molecule is CCCCCCOC(=O)C1=C(C)NC(=O)N[C@H]1c1ccc(Cl)cc1Cl. The number of carbonyl (C=O) groups is 2. The topological polar surface area (TPSA) is 67.4 Å². The molecule has 25 heavy (non-hydrogen) atoms. The summed E-state index contributed by atoms with van der Waals surface area (Å²) in [4.78, 5) is 24.4. The molecule has 1 aromatic carbocycles. The third-order valence-corrected chi connectivity index (χ3v) is 4.56. The Morgan fingerprint density at radius 1 is 1.24 bits per heavy atom. The highest BCUT2D eigenvalue weighted by atomic mass is 35.5. The summed E-state index contributed by atoms with van der Waals surface area (Å²) in [5.41, 5.74) is 1.40. The number of carbonyl (C=O) groups excluding carboxylic acids is 2. The van der Waals surface area contributed by atoms with Gasteiger partial charge in [0.15, 0.2) is 0 Å². The van der Waals surface area contributed by atoms with E-state index in [-0.39, 0.29) is 0 Å². The molecule has 0 saturated heterocycles. The van der Waals surface area contributed by atoms with Gasteiger partial charge in [0.25, 0.3) is 0 Å². The molecule has 0 aliphatic carbocycles. The van der Waals surface area contributed by atoms with Gasteiger partial charge in [-0.3, -0.25) is 0 Å². The van der Waals surface area contributed by atoms with E-state index in [9.17, 15) is 9.59 Å². The van der Waals surface area contributed by atoms with E-state index < -0.39 is 18.0 Å². The quantitative estimate of drug-likeness (QED) is 0.526. The number of nitrogens with one attached hydrogen (secondary N) is 2. The highest BCUT2D eigenvalue weighted by Gasteiger charge is 2.33. The Morgan fingerprint density at radius 3 is 2.68 bits per heavy atom. The lowest BCUT2D eigenvalue weighted by Crippen LogP contribution is -2.45.